The van der Waals surface area contributed by atoms with Crippen LogP contribution in [0, 0.1) is 6.92 Å². The van der Waals surface area contributed by atoms with E-state index < -0.39 is 0 Å². The van der Waals surface area contributed by atoms with E-state index in [0.29, 0.717) is 6.04 Å². The van der Waals surface area contributed by atoms with Gasteiger partial charge in [-0.15, -0.1) is 0 Å². The molecule has 1 aromatic rings. The third-order valence-electron chi connectivity index (χ3n) is 2.48. The van der Waals surface area contributed by atoms with Gasteiger partial charge >= 0.3 is 0 Å². The lowest BCUT2D eigenvalue weighted by molar-refractivity contribution is 0.322. The van der Waals surface area contributed by atoms with E-state index in [-0.39, 0.29) is 0 Å². The first kappa shape index (κ1) is 9.25. The van der Waals surface area contributed by atoms with E-state index in [0.717, 1.165) is 19.4 Å². The fourth-order valence-electron chi connectivity index (χ4n) is 1.69. The maximum Gasteiger partial charge on any atom is 0.169 e. The number of ether oxygens (including phenoxy) is 1. The molecule has 0 saturated carbocycles. The highest BCUT2D eigenvalue weighted by molar-refractivity contribution is 5.48. The van der Waals surface area contributed by atoms with Crippen LogP contribution >= 0.6 is 0 Å². The molecule has 1 heterocycles. The van der Waals surface area contributed by atoms with Crippen molar-refractivity contribution in [3.05, 3.63) is 35.4 Å². The van der Waals surface area contributed by atoms with Crippen LogP contribution in [-0.4, -0.2) is 19.0 Å². The summed E-state index contributed by atoms with van der Waals surface area (Å²) in [7, 11) is 0. The first-order valence-corrected chi connectivity index (χ1v) is 5.03. The van der Waals surface area contributed by atoms with E-state index in [9.17, 15) is 0 Å². The molecule has 0 amide bonds. The van der Waals surface area contributed by atoms with Crippen LogP contribution in [0.5, 0.6) is 0 Å². The van der Waals surface area contributed by atoms with Gasteiger partial charge in [-0.3, -0.25) is 4.99 Å². The summed E-state index contributed by atoms with van der Waals surface area (Å²) in [6, 6.07) is 9.02. The van der Waals surface area contributed by atoms with Crippen LogP contribution in [0.25, 0.3) is 0 Å². The molecular weight excluding hydrogens is 174 g/mol. The molecule has 2 nitrogen and oxygen atoms in total. The van der Waals surface area contributed by atoms with Gasteiger partial charge in [0.05, 0.1) is 6.04 Å². The minimum Gasteiger partial charge on any atom is -0.481 e. The van der Waals surface area contributed by atoms with E-state index in [1.807, 2.05) is 0 Å². The number of hydrogen-bond acceptors (Lipinski definition) is 2. The van der Waals surface area contributed by atoms with Gasteiger partial charge in [-0.2, -0.15) is 0 Å². The molecule has 0 fully saturated rings. The SMILES string of the molecule is Cc1cccc(CCC2COC=N2)c1. The highest BCUT2D eigenvalue weighted by Crippen LogP contribution is 2.11. The summed E-state index contributed by atoms with van der Waals surface area (Å²) >= 11 is 0. The van der Waals surface area contributed by atoms with Gasteiger partial charge in [0, 0.05) is 0 Å². The summed E-state index contributed by atoms with van der Waals surface area (Å²) < 4.78 is 5.08. The van der Waals surface area contributed by atoms with Crippen LogP contribution in [0.3, 0.4) is 0 Å². The second kappa shape index (κ2) is 4.27. The molecule has 14 heavy (non-hydrogen) atoms. The summed E-state index contributed by atoms with van der Waals surface area (Å²) in [5.41, 5.74) is 2.72. The Balaban J connectivity index is 1.88. The molecule has 74 valence electrons. The van der Waals surface area contributed by atoms with Crippen LogP contribution < -0.4 is 0 Å². The molecule has 2 rings (SSSR count). The Hall–Kier alpha value is -1.31. The fraction of sp³-hybridized carbons (Fsp3) is 0.417. The zero-order chi connectivity index (χ0) is 9.80. The molecule has 0 aliphatic carbocycles. The Kier molecular flexibility index (Phi) is 2.82. The Morgan fingerprint density at radius 1 is 1.50 bits per heavy atom. The maximum absolute atomic E-state index is 5.08. The predicted octanol–water partition coefficient (Wildman–Crippen LogP) is 2.35. The number of hydrogen-bond donors (Lipinski definition) is 0. The largest absolute Gasteiger partial charge is 0.481 e. The van der Waals surface area contributed by atoms with Gasteiger partial charge in [-0.1, -0.05) is 29.8 Å². The molecule has 0 radical (unpaired) electrons. The van der Waals surface area contributed by atoms with Crippen molar-refractivity contribution in [3.63, 3.8) is 0 Å². The van der Waals surface area contributed by atoms with E-state index >= 15 is 0 Å². The maximum atomic E-state index is 5.08. The predicted molar refractivity (Wildman–Crippen MR) is 57.7 cm³/mol. The number of benzene rings is 1. The topological polar surface area (TPSA) is 21.6 Å². The lowest BCUT2D eigenvalue weighted by atomic mass is 10.0. The molecule has 0 aromatic heterocycles. The normalized spacial score (nSPS) is 19.6. The second-order valence-electron chi connectivity index (χ2n) is 3.77. The minimum atomic E-state index is 0.371. The molecule has 1 aromatic carbocycles. The average molecular weight is 189 g/mol. The van der Waals surface area contributed by atoms with E-state index in [1.54, 1.807) is 6.40 Å². The van der Waals surface area contributed by atoms with Gasteiger partial charge in [0.1, 0.15) is 6.61 Å². The van der Waals surface area contributed by atoms with Crippen LogP contribution in [0.4, 0.5) is 0 Å². The van der Waals surface area contributed by atoms with E-state index in [2.05, 4.69) is 36.2 Å². The Morgan fingerprint density at radius 2 is 2.43 bits per heavy atom. The smallest absolute Gasteiger partial charge is 0.169 e. The molecule has 2 heteroatoms. The lowest BCUT2D eigenvalue weighted by Gasteiger charge is -2.05. The van der Waals surface area contributed by atoms with Gasteiger partial charge in [-0.25, -0.2) is 0 Å². The summed E-state index contributed by atoms with van der Waals surface area (Å²) in [5.74, 6) is 0. The third-order valence-corrected chi connectivity index (χ3v) is 2.48. The van der Waals surface area contributed by atoms with Gasteiger partial charge < -0.3 is 4.74 Å². The molecular formula is C12H15NO. The van der Waals surface area contributed by atoms with Crippen LogP contribution in [-0.2, 0) is 11.2 Å². The van der Waals surface area contributed by atoms with Crippen LogP contribution in [0.1, 0.15) is 17.5 Å². The van der Waals surface area contributed by atoms with Crippen molar-refractivity contribution in [1.29, 1.82) is 0 Å². The van der Waals surface area contributed by atoms with Gasteiger partial charge in [0.15, 0.2) is 6.40 Å². The monoisotopic (exact) mass is 189 g/mol. The molecule has 1 atom stereocenters. The first-order valence-electron chi connectivity index (χ1n) is 5.03. The van der Waals surface area contributed by atoms with Crippen molar-refractivity contribution in [2.75, 3.05) is 6.61 Å². The molecule has 0 bridgehead atoms. The molecule has 0 N–H and O–H groups in total. The average Bonchev–Trinajstić information content (AvgIpc) is 2.67. The van der Waals surface area contributed by atoms with Crippen molar-refractivity contribution < 1.29 is 4.74 Å². The fourth-order valence-corrected chi connectivity index (χ4v) is 1.69. The second-order valence-corrected chi connectivity index (χ2v) is 3.77. The summed E-state index contributed by atoms with van der Waals surface area (Å²) in [4.78, 5) is 4.23. The first-order chi connectivity index (χ1) is 6.84. The van der Waals surface area contributed by atoms with Crippen molar-refractivity contribution >= 4 is 6.40 Å². The highest BCUT2D eigenvalue weighted by atomic mass is 16.5. The number of aliphatic imine (C=N–C) groups is 1. The van der Waals surface area contributed by atoms with Crippen molar-refractivity contribution in [1.82, 2.24) is 0 Å². The van der Waals surface area contributed by atoms with Gasteiger partial charge in [-0.05, 0) is 25.3 Å². The van der Waals surface area contributed by atoms with Crippen LogP contribution in [0.15, 0.2) is 29.3 Å². The standard InChI is InChI=1S/C12H15NO/c1-10-3-2-4-11(7-10)5-6-12-8-14-9-13-12/h2-4,7,9,12H,5-6,8H2,1H3. The third kappa shape index (κ3) is 2.34. The van der Waals surface area contributed by atoms with Crippen LogP contribution in [0.2, 0.25) is 0 Å². The molecule has 1 aliphatic heterocycles. The summed E-state index contributed by atoms with van der Waals surface area (Å²) in [6.45, 7) is 2.88. The van der Waals surface area contributed by atoms with E-state index in [1.165, 1.54) is 11.1 Å². The summed E-state index contributed by atoms with van der Waals surface area (Å²) in [5, 5.41) is 0. The highest BCUT2D eigenvalue weighted by Gasteiger charge is 2.10. The van der Waals surface area contributed by atoms with Crippen molar-refractivity contribution in [2.45, 2.75) is 25.8 Å². The molecule has 1 unspecified atom stereocenters. The van der Waals surface area contributed by atoms with Crippen molar-refractivity contribution in [2.24, 2.45) is 4.99 Å². The van der Waals surface area contributed by atoms with Gasteiger partial charge in [0.25, 0.3) is 0 Å². The number of rotatable bonds is 3. The number of aryl methyl sites for hydroxylation is 2. The molecule has 0 saturated heterocycles. The lowest BCUT2D eigenvalue weighted by Crippen LogP contribution is -2.07. The Bertz CT molecular complexity index is 333. The van der Waals surface area contributed by atoms with Crippen molar-refractivity contribution in [3.8, 4) is 0 Å². The number of nitrogens with zero attached hydrogens (tertiary/aromatic N) is 1. The molecule has 1 aliphatic rings. The minimum absolute atomic E-state index is 0.371. The Labute approximate surface area is 84.6 Å². The van der Waals surface area contributed by atoms with E-state index in [4.69, 9.17) is 4.74 Å². The zero-order valence-electron chi connectivity index (χ0n) is 8.44. The quantitative estimate of drug-likeness (QED) is 0.715. The summed E-state index contributed by atoms with van der Waals surface area (Å²) in [6.07, 6.45) is 3.74. The van der Waals surface area contributed by atoms with Gasteiger partial charge in [0.2, 0.25) is 0 Å². The molecule has 0 spiro atoms. The zero-order valence-corrected chi connectivity index (χ0v) is 8.44. The Morgan fingerprint density at radius 3 is 3.14 bits per heavy atom.